The van der Waals surface area contributed by atoms with Crippen molar-refractivity contribution < 1.29 is 9.53 Å². The third-order valence-corrected chi connectivity index (χ3v) is 5.91. The summed E-state index contributed by atoms with van der Waals surface area (Å²) in [5.41, 5.74) is 1.96. The number of para-hydroxylation sites is 1. The van der Waals surface area contributed by atoms with Crippen molar-refractivity contribution in [1.29, 1.82) is 0 Å². The molecule has 0 saturated heterocycles. The maximum Gasteiger partial charge on any atom is 0.267 e. The van der Waals surface area contributed by atoms with Crippen molar-refractivity contribution in [2.45, 2.75) is 24.3 Å². The number of fused-ring (bicyclic) bond motifs is 1. The molecule has 162 valence electrons. The Morgan fingerprint density at radius 2 is 1.94 bits per heavy atom. The molecule has 2 aromatic carbocycles. The molecule has 0 aliphatic carbocycles. The first-order valence-electron chi connectivity index (χ1n) is 10.0. The lowest BCUT2D eigenvalue weighted by Gasteiger charge is -2.16. The summed E-state index contributed by atoms with van der Waals surface area (Å²) in [7, 11) is 1.57. The molecule has 0 saturated carbocycles. The number of aromatic nitrogens is 3. The number of methoxy groups -OCH3 is 1. The zero-order valence-electron chi connectivity index (χ0n) is 17.9. The molecule has 2 heterocycles. The van der Waals surface area contributed by atoms with Gasteiger partial charge in [-0.25, -0.2) is 14.5 Å². The van der Waals surface area contributed by atoms with Crippen molar-refractivity contribution in [3.05, 3.63) is 82.8 Å². The normalized spacial score (nSPS) is 11.8. The van der Waals surface area contributed by atoms with Crippen LogP contribution in [0.15, 0.2) is 76.8 Å². The fourth-order valence-corrected chi connectivity index (χ4v) is 4.06. The van der Waals surface area contributed by atoms with Gasteiger partial charge in [0.2, 0.25) is 5.91 Å². The Morgan fingerprint density at radius 1 is 1.12 bits per heavy atom. The number of ether oxygens (including phenoxy) is 1. The van der Waals surface area contributed by atoms with E-state index >= 15 is 0 Å². The molecule has 2 aromatic heterocycles. The molecule has 1 atom stereocenters. The minimum absolute atomic E-state index is 0.214. The van der Waals surface area contributed by atoms with E-state index in [1.54, 1.807) is 68.8 Å². The SMILES string of the molecule is COc1cccc(NC(=O)C(C)Sc2nc3ccccc3c(=O)n2-c2ccc(C)cn2)c1. The lowest BCUT2D eigenvalue weighted by Crippen LogP contribution is -2.26. The highest BCUT2D eigenvalue weighted by atomic mass is 32.2. The number of nitrogens with zero attached hydrogens (tertiary/aromatic N) is 3. The molecule has 0 fully saturated rings. The number of carbonyl (C=O) groups excluding carboxylic acids is 1. The smallest absolute Gasteiger partial charge is 0.267 e. The van der Waals surface area contributed by atoms with Crippen molar-refractivity contribution >= 4 is 34.3 Å². The number of pyridine rings is 1. The maximum atomic E-state index is 13.3. The van der Waals surface area contributed by atoms with E-state index in [1.807, 2.05) is 19.1 Å². The summed E-state index contributed by atoms with van der Waals surface area (Å²) >= 11 is 1.20. The fourth-order valence-electron chi connectivity index (χ4n) is 3.14. The van der Waals surface area contributed by atoms with Gasteiger partial charge in [0.25, 0.3) is 5.56 Å². The van der Waals surface area contributed by atoms with Gasteiger partial charge in [-0.05, 0) is 49.7 Å². The van der Waals surface area contributed by atoms with E-state index < -0.39 is 5.25 Å². The van der Waals surface area contributed by atoms with Crippen LogP contribution in [0.3, 0.4) is 0 Å². The van der Waals surface area contributed by atoms with Crippen LogP contribution in [0.5, 0.6) is 5.75 Å². The largest absolute Gasteiger partial charge is 0.497 e. The molecule has 0 spiro atoms. The molecule has 0 bridgehead atoms. The predicted molar refractivity (Wildman–Crippen MR) is 127 cm³/mol. The number of nitrogens with one attached hydrogen (secondary N) is 1. The molecule has 0 aliphatic rings. The number of thioether (sulfide) groups is 1. The third kappa shape index (κ3) is 4.50. The monoisotopic (exact) mass is 446 g/mol. The van der Waals surface area contributed by atoms with E-state index in [2.05, 4.69) is 15.3 Å². The molecule has 32 heavy (non-hydrogen) atoms. The minimum Gasteiger partial charge on any atom is -0.497 e. The number of amides is 1. The molecule has 4 aromatic rings. The number of carbonyl (C=O) groups is 1. The van der Waals surface area contributed by atoms with E-state index in [4.69, 9.17) is 4.74 Å². The first kappa shape index (κ1) is 21.6. The molecule has 1 amide bonds. The lowest BCUT2D eigenvalue weighted by molar-refractivity contribution is -0.115. The van der Waals surface area contributed by atoms with Crippen LogP contribution < -0.4 is 15.6 Å². The Kier molecular flexibility index (Phi) is 6.23. The predicted octanol–water partition coefficient (Wildman–Crippen LogP) is 4.22. The van der Waals surface area contributed by atoms with Gasteiger partial charge in [-0.1, -0.05) is 36.0 Å². The van der Waals surface area contributed by atoms with Crippen LogP contribution >= 0.6 is 11.8 Å². The highest BCUT2D eigenvalue weighted by molar-refractivity contribution is 8.00. The van der Waals surface area contributed by atoms with Crippen LogP contribution in [0.1, 0.15) is 12.5 Å². The van der Waals surface area contributed by atoms with E-state index in [1.165, 1.54) is 16.3 Å². The summed E-state index contributed by atoms with van der Waals surface area (Å²) in [4.78, 5) is 35.2. The fraction of sp³-hybridized carbons (Fsp3) is 0.167. The second-order valence-electron chi connectivity index (χ2n) is 7.23. The first-order chi connectivity index (χ1) is 15.5. The van der Waals surface area contributed by atoms with E-state index in [9.17, 15) is 9.59 Å². The van der Waals surface area contributed by atoms with Gasteiger partial charge in [0, 0.05) is 18.0 Å². The molecule has 7 nitrogen and oxygen atoms in total. The summed E-state index contributed by atoms with van der Waals surface area (Å²) in [5, 5.41) is 3.26. The summed E-state index contributed by atoms with van der Waals surface area (Å²) in [5.74, 6) is 0.898. The van der Waals surface area contributed by atoms with Gasteiger partial charge in [-0.15, -0.1) is 0 Å². The molecular weight excluding hydrogens is 424 g/mol. The number of anilines is 1. The second kappa shape index (κ2) is 9.23. The average Bonchev–Trinajstić information content (AvgIpc) is 2.80. The molecule has 4 rings (SSSR count). The Balaban J connectivity index is 1.69. The number of hydrogen-bond donors (Lipinski definition) is 1. The van der Waals surface area contributed by atoms with Crippen molar-refractivity contribution in [3.63, 3.8) is 0 Å². The molecule has 8 heteroatoms. The second-order valence-corrected chi connectivity index (χ2v) is 8.54. The van der Waals surface area contributed by atoms with E-state index in [0.717, 1.165) is 5.56 Å². The molecule has 1 N–H and O–H groups in total. The standard InChI is InChI=1S/C24H22N4O3S/c1-15-11-12-21(25-14-15)28-23(30)19-9-4-5-10-20(19)27-24(28)32-16(2)22(29)26-17-7-6-8-18(13-17)31-3/h4-14,16H,1-3H3,(H,26,29). The van der Waals surface area contributed by atoms with Crippen molar-refractivity contribution in [2.75, 3.05) is 12.4 Å². The van der Waals surface area contributed by atoms with Crippen LogP contribution in [-0.2, 0) is 4.79 Å². The minimum atomic E-state index is -0.522. The first-order valence-corrected chi connectivity index (χ1v) is 10.9. The van der Waals surface area contributed by atoms with Gasteiger partial charge in [-0.3, -0.25) is 9.59 Å². The van der Waals surface area contributed by atoms with Crippen LogP contribution in [0, 0.1) is 6.92 Å². The van der Waals surface area contributed by atoms with Crippen LogP contribution in [0.25, 0.3) is 16.7 Å². The summed E-state index contributed by atoms with van der Waals surface area (Å²) < 4.78 is 6.67. The maximum absolute atomic E-state index is 13.3. The Bertz CT molecular complexity index is 1340. The number of aryl methyl sites for hydroxylation is 1. The summed E-state index contributed by atoms with van der Waals surface area (Å²) in [6.45, 7) is 3.70. The zero-order chi connectivity index (χ0) is 22.7. The Morgan fingerprint density at radius 3 is 2.69 bits per heavy atom. The molecule has 0 aliphatic heterocycles. The molecule has 0 radical (unpaired) electrons. The van der Waals surface area contributed by atoms with Crippen LogP contribution in [0.4, 0.5) is 5.69 Å². The van der Waals surface area contributed by atoms with Crippen molar-refractivity contribution in [1.82, 2.24) is 14.5 Å². The number of benzene rings is 2. The van der Waals surface area contributed by atoms with Crippen molar-refractivity contribution in [2.24, 2.45) is 0 Å². The van der Waals surface area contributed by atoms with Gasteiger partial charge in [0.05, 0.1) is 23.3 Å². The quantitative estimate of drug-likeness (QED) is 0.353. The van der Waals surface area contributed by atoms with Gasteiger partial charge in [0.15, 0.2) is 5.16 Å². The summed E-state index contributed by atoms with van der Waals surface area (Å²) in [6, 6.07) is 18.0. The Labute approximate surface area is 189 Å². The molecule has 1 unspecified atom stereocenters. The molecular formula is C24H22N4O3S. The van der Waals surface area contributed by atoms with Crippen LogP contribution in [-0.4, -0.2) is 32.8 Å². The number of rotatable bonds is 6. The van der Waals surface area contributed by atoms with Crippen LogP contribution in [0.2, 0.25) is 0 Å². The average molecular weight is 447 g/mol. The Hall–Kier alpha value is -3.65. The van der Waals surface area contributed by atoms with Crippen molar-refractivity contribution in [3.8, 4) is 11.6 Å². The topological polar surface area (TPSA) is 86.1 Å². The third-order valence-electron chi connectivity index (χ3n) is 4.86. The van der Waals surface area contributed by atoms with Gasteiger partial charge in [-0.2, -0.15) is 0 Å². The van der Waals surface area contributed by atoms with Gasteiger partial charge >= 0.3 is 0 Å². The van der Waals surface area contributed by atoms with E-state index in [0.29, 0.717) is 33.3 Å². The number of hydrogen-bond acceptors (Lipinski definition) is 6. The van der Waals surface area contributed by atoms with Gasteiger partial charge < -0.3 is 10.1 Å². The highest BCUT2D eigenvalue weighted by Gasteiger charge is 2.21. The van der Waals surface area contributed by atoms with Gasteiger partial charge in [0.1, 0.15) is 11.6 Å². The summed E-state index contributed by atoms with van der Waals surface area (Å²) in [6.07, 6.45) is 1.70. The lowest BCUT2D eigenvalue weighted by atomic mass is 10.2. The zero-order valence-corrected chi connectivity index (χ0v) is 18.7. The highest BCUT2D eigenvalue weighted by Crippen LogP contribution is 2.26. The van der Waals surface area contributed by atoms with E-state index in [-0.39, 0.29) is 11.5 Å².